The number of nitrogens with zero attached hydrogens (tertiary/aromatic N) is 1. The number of carboxylic acids is 1. The zero-order valence-corrected chi connectivity index (χ0v) is 8.78. The van der Waals surface area contributed by atoms with Crippen LogP contribution in [0, 0.1) is 5.92 Å². The first-order valence-corrected chi connectivity index (χ1v) is 5.60. The second kappa shape index (κ2) is 3.89. The van der Waals surface area contributed by atoms with Crippen LogP contribution in [0.2, 0.25) is 0 Å². The third kappa shape index (κ3) is 1.92. The van der Waals surface area contributed by atoms with Crippen LogP contribution in [0.5, 0.6) is 0 Å². The lowest BCUT2D eigenvalue weighted by molar-refractivity contribution is -0.139. The molecule has 0 aromatic carbocycles. The van der Waals surface area contributed by atoms with E-state index in [2.05, 4.69) is 11.9 Å². The Morgan fingerprint density at radius 2 is 1.93 bits per heavy atom. The van der Waals surface area contributed by atoms with E-state index in [1.807, 2.05) is 0 Å². The lowest BCUT2D eigenvalue weighted by Gasteiger charge is -2.46. The Morgan fingerprint density at radius 1 is 1.36 bits per heavy atom. The lowest BCUT2D eigenvalue weighted by Crippen LogP contribution is -2.49. The third-order valence-corrected chi connectivity index (χ3v) is 3.90. The first-order valence-electron chi connectivity index (χ1n) is 5.60. The smallest absolute Gasteiger partial charge is 0.303 e. The summed E-state index contributed by atoms with van der Waals surface area (Å²) in [5.74, 6) is -0.198. The van der Waals surface area contributed by atoms with E-state index in [0.29, 0.717) is 24.4 Å². The van der Waals surface area contributed by atoms with Crippen LogP contribution in [0.25, 0.3) is 0 Å². The summed E-state index contributed by atoms with van der Waals surface area (Å²) in [5, 5.41) is 8.78. The van der Waals surface area contributed by atoms with E-state index in [0.717, 1.165) is 12.8 Å². The van der Waals surface area contributed by atoms with Gasteiger partial charge in [0.25, 0.3) is 0 Å². The second-order valence-electron chi connectivity index (χ2n) is 4.84. The first kappa shape index (κ1) is 9.97. The van der Waals surface area contributed by atoms with E-state index in [1.54, 1.807) is 0 Å². The average molecular weight is 197 g/mol. The molecular formula is C11H19NO2. The molecule has 2 saturated heterocycles. The number of fused-ring (bicyclic) bond motifs is 2. The molecule has 3 heteroatoms. The van der Waals surface area contributed by atoms with Gasteiger partial charge in [0.05, 0.1) is 0 Å². The number of rotatable bonds is 2. The van der Waals surface area contributed by atoms with Gasteiger partial charge in [-0.05, 0) is 38.6 Å². The molecule has 0 radical (unpaired) electrons. The predicted molar refractivity (Wildman–Crippen MR) is 54.2 cm³/mol. The van der Waals surface area contributed by atoms with Crippen LogP contribution in [0.1, 0.15) is 38.5 Å². The fourth-order valence-corrected chi connectivity index (χ4v) is 3.14. The summed E-state index contributed by atoms with van der Waals surface area (Å²) in [4.78, 5) is 13.1. The molecule has 3 nitrogen and oxygen atoms in total. The van der Waals surface area contributed by atoms with E-state index in [-0.39, 0.29) is 0 Å². The molecule has 2 aliphatic rings. The molecule has 3 atom stereocenters. The normalized spacial score (nSPS) is 38.2. The van der Waals surface area contributed by atoms with Crippen LogP contribution < -0.4 is 0 Å². The van der Waals surface area contributed by atoms with Crippen molar-refractivity contribution in [2.45, 2.75) is 50.6 Å². The quantitative estimate of drug-likeness (QED) is 0.732. The minimum atomic E-state index is -0.627. The topological polar surface area (TPSA) is 40.5 Å². The summed E-state index contributed by atoms with van der Waals surface area (Å²) in [7, 11) is 2.20. The van der Waals surface area contributed by atoms with E-state index in [9.17, 15) is 4.79 Å². The van der Waals surface area contributed by atoms with Gasteiger partial charge in [0.1, 0.15) is 0 Å². The average Bonchev–Trinajstić information content (AvgIpc) is 2.05. The van der Waals surface area contributed by atoms with E-state index in [4.69, 9.17) is 5.11 Å². The maximum Gasteiger partial charge on any atom is 0.303 e. The molecule has 0 saturated carbocycles. The molecule has 14 heavy (non-hydrogen) atoms. The van der Waals surface area contributed by atoms with Crippen molar-refractivity contribution in [1.82, 2.24) is 4.90 Å². The second-order valence-corrected chi connectivity index (χ2v) is 4.84. The van der Waals surface area contributed by atoms with Crippen LogP contribution in [-0.4, -0.2) is 35.1 Å². The van der Waals surface area contributed by atoms with Gasteiger partial charge in [0, 0.05) is 18.5 Å². The van der Waals surface area contributed by atoms with Crippen LogP contribution in [0.4, 0.5) is 0 Å². The highest BCUT2D eigenvalue weighted by Crippen LogP contribution is 2.36. The van der Waals surface area contributed by atoms with Crippen molar-refractivity contribution in [3.8, 4) is 0 Å². The van der Waals surface area contributed by atoms with Crippen LogP contribution in [0.3, 0.4) is 0 Å². The summed E-state index contributed by atoms with van der Waals surface area (Å²) >= 11 is 0. The van der Waals surface area contributed by atoms with Crippen LogP contribution >= 0.6 is 0 Å². The molecule has 0 unspecified atom stereocenters. The van der Waals surface area contributed by atoms with Crippen LogP contribution in [-0.2, 0) is 4.79 Å². The molecule has 0 aliphatic carbocycles. The van der Waals surface area contributed by atoms with Gasteiger partial charge in [-0.2, -0.15) is 0 Å². The van der Waals surface area contributed by atoms with E-state index in [1.165, 1.54) is 19.3 Å². The van der Waals surface area contributed by atoms with Gasteiger partial charge in [0.2, 0.25) is 0 Å². The Balaban J connectivity index is 1.97. The first-order chi connectivity index (χ1) is 6.66. The summed E-state index contributed by atoms with van der Waals surface area (Å²) in [5.41, 5.74) is 0. The maximum absolute atomic E-state index is 10.7. The van der Waals surface area contributed by atoms with Gasteiger partial charge < -0.3 is 10.0 Å². The standard InChI is InChI=1S/C11H19NO2/c1-12-9-3-2-4-10(12)6-8(5-9)7-11(13)14/h8-10H,2-7H2,1H3,(H,13,14)/t8-,9+,10-. The zero-order chi connectivity index (χ0) is 10.1. The summed E-state index contributed by atoms with van der Waals surface area (Å²) < 4.78 is 0. The SMILES string of the molecule is CN1[C@@H]2CCC[C@H]1C[C@@H](CC(=O)O)C2. The molecule has 2 aliphatic heterocycles. The Kier molecular flexibility index (Phi) is 2.77. The molecule has 1 N–H and O–H groups in total. The van der Waals surface area contributed by atoms with Gasteiger partial charge in [-0.15, -0.1) is 0 Å². The molecule has 2 heterocycles. The van der Waals surface area contributed by atoms with Crippen molar-refractivity contribution in [3.63, 3.8) is 0 Å². The lowest BCUT2D eigenvalue weighted by atomic mass is 9.77. The van der Waals surface area contributed by atoms with Crippen molar-refractivity contribution in [1.29, 1.82) is 0 Å². The number of carbonyl (C=O) groups is 1. The Labute approximate surface area is 85.1 Å². The largest absolute Gasteiger partial charge is 0.481 e. The molecule has 2 fully saturated rings. The molecule has 2 rings (SSSR count). The Morgan fingerprint density at radius 3 is 2.43 bits per heavy atom. The number of carboxylic acid groups (broad SMARTS) is 1. The van der Waals surface area contributed by atoms with Crippen molar-refractivity contribution < 1.29 is 9.90 Å². The Bertz CT molecular complexity index is 215. The highest BCUT2D eigenvalue weighted by Gasteiger charge is 2.36. The monoisotopic (exact) mass is 197 g/mol. The number of piperidine rings is 2. The molecule has 0 amide bonds. The minimum Gasteiger partial charge on any atom is -0.481 e. The summed E-state index contributed by atoms with van der Waals surface area (Å²) in [6.07, 6.45) is 6.44. The number of aliphatic carboxylic acids is 1. The van der Waals surface area contributed by atoms with Crippen molar-refractivity contribution in [3.05, 3.63) is 0 Å². The van der Waals surface area contributed by atoms with Gasteiger partial charge in [-0.1, -0.05) is 6.42 Å². The summed E-state index contributed by atoms with van der Waals surface area (Å²) in [6, 6.07) is 1.32. The number of hydrogen-bond donors (Lipinski definition) is 1. The van der Waals surface area contributed by atoms with Gasteiger partial charge in [0.15, 0.2) is 0 Å². The third-order valence-electron chi connectivity index (χ3n) is 3.90. The predicted octanol–water partition coefficient (Wildman–Crippen LogP) is 1.72. The minimum absolute atomic E-state index is 0.376. The molecule has 80 valence electrons. The van der Waals surface area contributed by atoms with Crippen LogP contribution in [0.15, 0.2) is 0 Å². The van der Waals surface area contributed by atoms with Gasteiger partial charge in [-0.25, -0.2) is 0 Å². The highest BCUT2D eigenvalue weighted by atomic mass is 16.4. The van der Waals surface area contributed by atoms with Crippen molar-refractivity contribution in [2.75, 3.05) is 7.05 Å². The fraction of sp³-hybridized carbons (Fsp3) is 0.909. The Hall–Kier alpha value is -0.570. The van der Waals surface area contributed by atoms with Gasteiger partial charge in [-0.3, -0.25) is 4.79 Å². The maximum atomic E-state index is 10.7. The van der Waals surface area contributed by atoms with E-state index < -0.39 is 5.97 Å². The van der Waals surface area contributed by atoms with Crippen molar-refractivity contribution >= 4 is 5.97 Å². The molecule has 0 aromatic heterocycles. The molecule has 0 aromatic rings. The van der Waals surface area contributed by atoms with E-state index >= 15 is 0 Å². The fourth-order valence-electron chi connectivity index (χ4n) is 3.14. The summed E-state index contributed by atoms with van der Waals surface area (Å²) in [6.45, 7) is 0. The van der Waals surface area contributed by atoms with Gasteiger partial charge >= 0.3 is 5.97 Å². The zero-order valence-electron chi connectivity index (χ0n) is 8.78. The molecule has 2 bridgehead atoms. The van der Waals surface area contributed by atoms with Crippen molar-refractivity contribution in [2.24, 2.45) is 5.92 Å². The number of hydrogen-bond acceptors (Lipinski definition) is 2. The molecular weight excluding hydrogens is 178 g/mol. The molecule has 0 spiro atoms. The highest BCUT2D eigenvalue weighted by molar-refractivity contribution is 5.67.